The Labute approximate surface area is 157 Å². The third-order valence-corrected chi connectivity index (χ3v) is 5.71. The van der Waals surface area contributed by atoms with Gasteiger partial charge in [0.25, 0.3) is 0 Å². The molecule has 0 N–H and O–H groups in total. The molecule has 0 aliphatic carbocycles. The van der Waals surface area contributed by atoms with Crippen molar-refractivity contribution in [2.75, 3.05) is 31.1 Å². The zero-order valence-electron chi connectivity index (χ0n) is 14.9. The number of benzene rings is 2. The summed E-state index contributed by atoms with van der Waals surface area (Å²) in [5.74, 6) is -0.211. The summed E-state index contributed by atoms with van der Waals surface area (Å²) < 4.78 is 13.1. The molecule has 5 heteroatoms. The van der Waals surface area contributed by atoms with Crippen molar-refractivity contribution in [2.45, 2.75) is 13.5 Å². The fourth-order valence-electron chi connectivity index (χ4n) is 3.32. The van der Waals surface area contributed by atoms with Crippen molar-refractivity contribution in [1.82, 2.24) is 9.88 Å². The Bertz CT molecular complexity index is 867. The predicted molar refractivity (Wildman–Crippen MR) is 106 cm³/mol. The van der Waals surface area contributed by atoms with Crippen molar-refractivity contribution < 1.29 is 4.39 Å². The molecule has 4 rings (SSSR count). The van der Waals surface area contributed by atoms with Crippen molar-refractivity contribution in [3.63, 3.8) is 0 Å². The van der Waals surface area contributed by atoms with Crippen LogP contribution in [0.3, 0.4) is 0 Å². The molecule has 1 fully saturated rings. The highest BCUT2D eigenvalue weighted by molar-refractivity contribution is 7.13. The summed E-state index contributed by atoms with van der Waals surface area (Å²) >= 11 is 1.63. The number of anilines is 1. The van der Waals surface area contributed by atoms with Gasteiger partial charge in [0.05, 0.1) is 5.69 Å². The summed E-state index contributed by atoms with van der Waals surface area (Å²) in [4.78, 5) is 9.64. The highest BCUT2D eigenvalue weighted by atomic mass is 32.1. The average Bonchev–Trinajstić information content (AvgIpc) is 3.11. The second-order valence-electron chi connectivity index (χ2n) is 6.75. The van der Waals surface area contributed by atoms with Gasteiger partial charge in [-0.05, 0) is 48.9 Å². The lowest BCUT2D eigenvalue weighted by atomic mass is 10.2. The molecule has 0 saturated carbocycles. The first-order chi connectivity index (χ1) is 12.7. The lowest BCUT2D eigenvalue weighted by molar-refractivity contribution is 0.247. The number of rotatable bonds is 4. The monoisotopic (exact) mass is 367 g/mol. The van der Waals surface area contributed by atoms with Gasteiger partial charge in [-0.1, -0.05) is 12.1 Å². The number of thiazole rings is 1. The molecule has 1 aliphatic heterocycles. The van der Waals surface area contributed by atoms with E-state index in [2.05, 4.69) is 46.4 Å². The van der Waals surface area contributed by atoms with Gasteiger partial charge in [-0.25, -0.2) is 9.37 Å². The highest BCUT2D eigenvalue weighted by Gasteiger charge is 2.18. The molecule has 3 aromatic rings. The average molecular weight is 367 g/mol. The molecular weight excluding hydrogens is 345 g/mol. The van der Waals surface area contributed by atoms with E-state index in [4.69, 9.17) is 4.98 Å². The van der Waals surface area contributed by atoms with E-state index >= 15 is 0 Å². The van der Waals surface area contributed by atoms with E-state index in [9.17, 15) is 4.39 Å². The van der Waals surface area contributed by atoms with Crippen LogP contribution in [0.5, 0.6) is 0 Å². The number of nitrogens with zero attached hydrogens (tertiary/aromatic N) is 3. The SMILES string of the molecule is Cc1cccc(N2CCN(Cc3csc(-c4ccc(F)cc4)n3)CC2)c1. The third kappa shape index (κ3) is 3.94. The van der Waals surface area contributed by atoms with Crippen LogP contribution in [0.2, 0.25) is 0 Å². The maximum atomic E-state index is 13.1. The molecular formula is C21H22FN3S. The largest absolute Gasteiger partial charge is 0.369 e. The normalized spacial score (nSPS) is 15.4. The minimum absolute atomic E-state index is 0.211. The van der Waals surface area contributed by atoms with E-state index in [1.807, 2.05) is 0 Å². The minimum Gasteiger partial charge on any atom is -0.369 e. The molecule has 1 aliphatic rings. The van der Waals surface area contributed by atoms with Crippen molar-refractivity contribution in [1.29, 1.82) is 0 Å². The smallest absolute Gasteiger partial charge is 0.123 e. The van der Waals surface area contributed by atoms with E-state index < -0.39 is 0 Å². The van der Waals surface area contributed by atoms with Crippen LogP contribution in [0.1, 0.15) is 11.3 Å². The van der Waals surface area contributed by atoms with Gasteiger partial charge < -0.3 is 4.90 Å². The first-order valence-corrected chi connectivity index (χ1v) is 9.80. The molecule has 26 heavy (non-hydrogen) atoms. The van der Waals surface area contributed by atoms with Gasteiger partial charge >= 0.3 is 0 Å². The van der Waals surface area contributed by atoms with Crippen molar-refractivity contribution in [3.8, 4) is 10.6 Å². The van der Waals surface area contributed by atoms with Crippen LogP contribution >= 0.6 is 11.3 Å². The van der Waals surface area contributed by atoms with Crippen molar-refractivity contribution in [2.24, 2.45) is 0 Å². The molecule has 2 heterocycles. The molecule has 0 radical (unpaired) electrons. The molecule has 0 unspecified atom stereocenters. The van der Waals surface area contributed by atoms with Gasteiger partial charge in [-0.2, -0.15) is 0 Å². The van der Waals surface area contributed by atoms with Gasteiger partial charge in [0.2, 0.25) is 0 Å². The maximum Gasteiger partial charge on any atom is 0.123 e. The number of hydrogen-bond acceptors (Lipinski definition) is 4. The van der Waals surface area contributed by atoms with Gasteiger partial charge in [0.1, 0.15) is 10.8 Å². The fraction of sp³-hybridized carbons (Fsp3) is 0.286. The molecule has 1 aromatic heterocycles. The summed E-state index contributed by atoms with van der Waals surface area (Å²) in [6.07, 6.45) is 0. The minimum atomic E-state index is -0.211. The van der Waals surface area contributed by atoms with E-state index in [1.54, 1.807) is 23.5 Å². The van der Waals surface area contributed by atoms with Crippen LogP contribution in [0.25, 0.3) is 10.6 Å². The van der Waals surface area contributed by atoms with Crippen molar-refractivity contribution in [3.05, 3.63) is 71.0 Å². The van der Waals surface area contributed by atoms with Crippen molar-refractivity contribution >= 4 is 17.0 Å². The number of hydrogen-bond donors (Lipinski definition) is 0. The third-order valence-electron chi connectivity index (χ3n) is 4.77. The van der Waals surface area contributed by atoms with Gasteiger partial charge in [0.15, 0.2) is 0 Å². The summed E-state index contributed by atoms with van der Waals surface area (Å²) in [6.45, 7) is 7.17. The Hall–Kier alpha value is -2.24. The van der Waals surface area contributed by atoms with Crippen LogP contribution in [0.15, 0.2) is 53.9 Å². The summed E-state index contributed by atoms with van der Waals surface area (Å²) in [6, 6.07) is 15.3. The quantitative estimate of drug-likeness (QED) is 0.673. The number of piperazine rings is 1. The number of aromatic nitrogens is 1. The van der Waals surface area contributed by atoms with Crippen LogP contribution < -0.4 is 4.90 Å². The summed E-state index contributed by atoms with van der Waals surface area (Å²) in [7, 11) is 0. The van der Waals surface area contributed by atoms with E-state index in [0.29, 0.717) is 0 Å². The first-order valence-electron chi connectivity index (χ1n) is 8.92. The second-order valence-corrected chi connectivity index (χ2v) is 7.61. The Morgan fingerprint density at radius 3 is 2.54 bits per heavy atom. The summed E-state index contributed by atoms with van der Waals surface area (Å²) in [5.41, 5.74) is 4.70. The summed E-state index contributed by atoms with van der Waals surface area (Å²) in [5, 5.41) is 3.07. The molecule has 0 atom stereocenters. The topological polar surface area (TPSA) is 19.4 Å². The zero-order valence-corrected chi connectivity index (χ0v) is 15.7. The number of aryl methyl sites for hydroxylation is 1. The molecule has 1 saturated heterocycles. The Morgan fingerprint density at radius 1 is 1.04 bits per heavy atom. The molecule has 0 spiro atoms. The molecule has 0 amide bonds. The van der Waals surface area contributed by atoms with Crippen LogP contribution in [-0.2, 0) is 6.54 Å². The van der Waals surface area contributed by atoms with Gasteiger partial charge in [-0.15, -0.1) is 11.3 Å². The Kier molecular flexibility index (Phi) is 5.00. The maximum absolute atomic E-state index is 13.1. The first kappa shape index (κ1) is 17.2. The predicted octanol–water partition coefficient (Wildman–Crippen LogP) is 4.58. The van der Waals surface area contributed by atoms with E-state index in [1.165, 1.54) is 23.4 Å². The van der Waals surface area contributed by atoms with E-state index in [0.717, 1.165) is 49.0 Å². The molecule has 134 valence electrons. The Morgan fingerprint density at radius 2 is 1.81 bits per heavy atom. The molecule has 0 bridgehead atoms. The zero-order chi connectivity index (χ0) is 17.9. The Balaban J connectivity index is 1.35. The lowest BCUT2D eigenvalue weighted by Gasteiger charge is -2.35. The molecule has 2 aromatic carbocycles. The molecule has 3 nitrogen and oxygen atoms in total. The van der Waals surface area contributed by atoms with Crippen LogP contribution in [0.4, 0.5) is 10.1 Å². The lowest BCUT2D eigenvalue weighted by Crippen LogP contribution is -2.46. The van der Waals surface area contributed by atoms with E-state index in [-0.39, 0.29) is 5.82 Å². The number of halogens is 1. The standard InChI is InChI=1S/C21H22FN3S/c1-16-3-2-4-20(13-16)25-11-9-24(10-12-25)14-19-15-26-21(23-19)17-5-7-18(22)8-6-17/h2-8,13,15H,9-12,14H2,1H3. The van der Waals surface area contributed by atoms with Gasteiger partial charge in [-0.3, -0.25) is 4.90 Å². The van der Waals surface area contributed by atoms with Crippen LogP contribution in [0, 0.1) is 12.7 Å². The van der Waals surface area contributed by atoms with Gasteiger partial charge in [0, 0.05) is 49.4 Å². The van der Waals surface area contributed by atoms with Crippen LogP contribution in [-0.4, -0.2) is 36.1 Å². The fourth-order valence-corrected chi connectivity index (χ4v) is 4.14. The highest BCUT2D eigenvalue weighted by Crippen LogP contribution is 2.25. The second kappa shape index (κ2) is 7.56.